The van der Waals surface area contributed by atoms with Crippen LogP contribution in [0.3, 0.4) is 0 Å². The minimum atomic E-state index is -2.17. The van der Waals surface area contributed by atoms with Crippen molar-refractivity contribution in [1.29, 1.82) is 0 Å². The van der Waals surface area contributed by atoms with E-state index in [0.717, 1.165) is 0 Å². The van der Waals surface area contributed by atoms with Crippen LogP contribution in [0.4, 0.5) is 0 Å². The molecule has 0 aliphatic carbocycles. The molecule has 22 nitrogen and oxygen atoms in total. The van der Waals surface area contributed by atoms with Crippen LogP contribution in [-0.4, -0.2) is 144 Å². The molecule has 0 saturated heterocycles. The van der Waals surface area contributed by atoms with Gasteiger partial charge in [0.2, 0.25) is 0 Å². The first-order valence-corrected chi connectivity index (χ1v) is 3.10. The molecular weight excluding hydrogens is 402 g/mol. The molecule has 0 aromatic heterocycles. The summed E-state index contributed by atoms with van der Waals surface area (Å²) in [5, 5.41) is 86.0. The zero-order chi connectivity index (χ0) is 14.3. The summed E-state index contributed by atoms with van der Waals surface area (Å²) in [7, 11) is -8.67. The van der Waals surface area contributed by atoms with Crippen molar-refractivity contribution < 1.29 is 135 Å². The maximum atomic E-state index is 7.17. The van der Waals surface area contributed by atoms with Gasteiger partial charge in [-0.15, -0.1) is 0 Å². The van der Waals surface area contributed by atoms with E-state index < -0.39 is 29.3 Å². The Morgan fingerprint density at radius 2 is 0.259 bits per heavy atom. The molecule has 0 fully saturated rings. The van der Waals surface area contributed by atoms with Gasteiger partial charge in [0.15, 0.2) is 0 Å². The predicted octanol–water partition coefficient (Wildman–Crippen LogP) is -19.3. The Bertz CT molecular complexity index is 71.5. The van der Waals surface area contributed by atoms with E-state index in [1.54, 1.807) is 0 Å². The molecule has 27 heavy (non-hydrogen) atoms. The smallest absolute Gasteiger partial charge is 1.00 e. The van der Waals surface area contributed by atoms with Crippen LogP contribution in [0.5, 0.6) is 0 Å². The fraction of sp³-hybridized carbons (Fsp3) is 0. The Balaban J connectivity index is -0.00000000429. The third kappa shape index (κ3) is 28600000. The van der Waals surface area contributed by atoms with Gasteiger partial charge in [-0.3, -0.25) is 0 Å². The second-order valence-corrected chi connectivity index (χ2v) is 1.39. The largest absolute Gasteiger partial charge is 1.00 e. The van der Waals surface area contributed by atoms with E-state index in [1.165, 1.54) is 0 Å². The van der Waals surface area contributed by atoms with Gasteiger partial charge in [-0.05, 0) is 0 Å². The van der Waals surface area contributed by atoms with Crippen LogP contribution in [0.25, 0.3) is 0 Å². The first kappa shape index (κ1) is 127. The van der Waals surface area contributed by atoms with E-state index in [4.69, 9.17) is 60.3 Å². The van der Waals surface area contributed by atoms with Gasteiger partial charge < -0.3 is 116 Å². The molecule has 0 amide bonds. The minimum Gasteiger partial charge on any atom is -1.00 e. The first-order valence-electron chi connectivity index (χ1n) is 3.10. The van der Waals surface area contributed by atoms with Crippen LogP contribution in [0.1, 0.15) is 1.43 Å². The monoisotopic (exact) mass is 436 g/mol. The average molecular weight is 435 g/mol. The van der Waals surface area contributed by atoms with Crippen molar-refractivity contribution in [2.75, 3.05) is 0 Å². The summed E-state index contributed by atoms with van der Waals surface area (Å²) in [5.41, 5.74) is 0. The average Bonchev–Trinajstić information content (AvgIpc) is 1.76. The fourth-order valence-electron chi connectivity index (χ4n) is 0. The van der Waals surface area contributed by atoms with Crippen molar-refractivity contribution in [2.45, 2.75) is 0 Å². The molecule has 0 unspecified atom stereocenters. The molecule has 0 spiro atoms. The molecule has 27 heteroatoms. The van der Waals surface area contributed by atoms with E-state index in [0.29, 0.717) is 0 Å². The topological polar surface area (TPSA) is 558 Å². The van der Waals surface area contributed by atoms with Crippen LogP contribution < -0.4 is 18.9 Å². The zero-order valence-electron chi connectivity index (χ0n) is 14.7. The quantitative estimate of drug-likeness (QED) is 0.158. The van der Waals surface area contributed by atoms with Crippen LogP contribution in [-0.2, 0) is 0 Å². The van der Waals surface area contributed by atoms with Gasteiger partial charge in [-0.1, -0.05) is 0 Å². The van der Waals surface area contributed by atoms with Crippen LogP contribution in [0, 0.1) is 0 Å². The third-order valence-corrected chi connectivity index (χ3v) is 0. The van der Waals surface area contributed by atoms with E-state index >= 15 is 0 Å². The number of rotatable bonds is 0. The van der Waals surface area contributed by atoms with Gasteiger partial charge in [0.1, 0.15) is 0 Å². The van der Waals surface area contributed by atoms with Crippen LogP contribution in [0.2, 0.25) is 0 Å². The van der Waals surface area contributed by atoms with Crippen LogP contribution >= 0.6 is 0 Å². The van der Waals surface area contributed by atoms with Gasteiger partial charge in [0.05, 0.1) is 0 Å². The third-order valence-electron chi connectivity index (χ3n) is 0. The molecule has 0 atom stereocenters. The van der Waals surface area contributed by atoms with Crippen molar-refractivity contribution in [3.05, 3.63) is 0 Å². The maximum absolute atomic E-state index is 7.17. The molecular formula is H33B4LiO22. The van der Waals surface area contributed by atoms with Crippen molar-refractivity contribution in [2.24, 2.45) is 0 Å². The normalized spacial score (nSPS) is 4.00. The Labute approximate surface area is 165 Å². The summed E-state index contributed by atoms with van der Waals surface area (Å²) in [6.07, 6.45) is 0. The molecule has 0 aromatic rings. The van der Waals surface area contributed by atoms with Crippen molar-refractivity contribution in [1.82, 2.24) is 0 Å². The van der Waals surface area contributed by atoms with E-state index in [9.17, 15) is 0 Å². The molecule has 32 N–H and O–H groups in total. The molecule has 0 aliphatic rings. The van der Waals surface area contributed by atoms with Gasteiger partial charge in [0, 0.05) is 0 Å². The van der Waals surface area contributed by atoms with Gasteiger partial charge >= 0.3 is 48.1 Å². The number of hydrogen-bond donors (Lipinski definition) is 12. The standard InChI is InChI=1S/4BH3O3.Li.10H2O.H/c4*2-1(3)4;;;;;;;;;;;;/h4*2-4H;;10*1H2;/q;;;;+1;;;;;;;;;;;-1. The molecule has 178 valence electrons. The molecule has 0 aromatic carbocycles. The van der Waals surface area contributed by atoms with Crippen molar-refractivity contribution in [3.63, 3.8) is 0 Å². The first-order chi connectivity index (χ1) is 6.93. The fourth-order valence-corrected chi connectivity index (χ4v) is 0. The van der Waals surface area contributed by atoms with Gasteiger partial charge in [-0.25, -0.2) is 0 Å². The second kappa shape index (κ2) is 113. The zero-order valence-corrected chi connectivity index (χ0v) is 13.7. The maximum Gasteiger partial charge on any atom is 1.00 e. The van der Waals surface area contributed by atoms with Crippen LogP contribution in [0.15, 0.2) is 0 Å². The molecule has 0 saturated carbocycles. The summed E-state index contributed by atoms with van der Waals surface area (Å²) in [6.45, 7) is 0. The van der Waals surface area contributed by atoms with Crippen molar-refractivity contribution in [3.8, 4) is 0 Å². The Kier molecular flexibility index (Phi) is 531. The van der Waals surface area contributed by atoms with Gasteiger partial charge in [0.25, 0.3) is 0 Å². The summed E-state index contributed by atoms with van der Waals surface area (Å²) in [6, 6.07) is 0. The summed E-state index contributed by atoms with van der Waals surface area (Å²) in [4.78, 5) is 0. The molecule has 0 rings (SSSR count). The van der Waals surface area contributed by atoms with E-state index in [2.05, 4.69) is 0 Å². The summed E-state index contributed by atoms with van der Waals surface area (Å²) in [5.74, 6) is 0. The van der Waals surface area contributed by atoms with E-state index in [1.807, 2.05) is 0 Å². The Hall–Kier alpha value is -0.0229. The Morgan fingerprint density at radius 3 is 0.259 bits per heavy atom. The van der Waals surface area contributed by atoms with Crippen molar-refractivity contribution >= 4 is 29.3 Å². The SMILES string of the molecule is O.O.O.O.O.O.O.O.O.O.OB(O)O.OB(O)O.OB(O)O.OB(O)O.[H-].[Li+]. The minimum absolute atomic E-state index is 0. The summed E-state index contributed by atoms with van der Waals surface area (Å²) < 4.78 is 0. The molecule has 0 bridgehead atoms. The summed E-state index contributed by atoms with van der Waals surface area (Å²) >= 11 is 0. The number of hydrogen-bond acceptors (Lipinski definition) is 12. The predicted molar refractivity (Wildman–Crippen MR) is 86.9 cm³/mol. The molecule has 0 heterocycles. The van der Waals surface area contributed by atoms with Gasteiger partial charge in [-0.2, -0.15) is 0 Å². The van der Waals surface area contributed by atoms with E-state index in [-0.39, 0.29) is 75.0 Å². The Morgan fingerprint density at radius 1 is 0.259 bits per heavy atom. The molecule has 0 aliphatic heterocycles. The second-order valence-electron chi connectivity index (χ2n) is 1.39. The molecule has 0 radical (unpaired) electrons.